The van der Waals surface area contributed by atoms with E-state index < -0.39 is 5.97 Å². The number of thiazole rings is 1. The molecule has 1 aromatic carbocycles. The average Bonchev–Trinajstić information content (AvgIpc) is 2.70. The molecule has 0 spiro atoms. The molecule has 0 saturated heterocycles. The van der Waals surface area contributed by atoms with Crippen LogP contribution in [-0.4, -0.2) is 16.1 Å². The van der Waals surface area contributed by atoms with Gasteiger partial charge in [0.15, 0.2) is 5.13 Å². The second kappa shape index (κ2) is 6.09. The first-order valence-electron chi connectivity index (χ1n) is 5.03. The average molecular weight is 382 g/mol. The number of hydrogen-bond donors (Lipinski definition) is 2. The molecule has 2 rings (SSSR count). The van der Waals surface area contributed by atoms with Gasteiger partial charge in [0.1, 0.15) is 0 Å². The van der Waals surface area contributed by atoms with Crippen molar-refractivity contribution in [3.8, 4) is 0 Å². The molecule has 100 valence electrons. The van der Waals surface area contributed by atoms with E-state index in [-0.39, 0.29) is 6.42 Å². The summed E-state index contributed by atoms with van der Waals surface area (Å²) in [5, 5.41) is 14.8. The normalized spacial score (nSPS) is 10.5. The van der Waals surface area contributed by atoms with Gasteiger partial charge in [0.2, 0.25) is 0 Å². The number of anilines is 2. The molecule has 19 heavy (non-hydrogen) atoms. The van der Waals surface area contributed by atoms with E-state index >= 15 is 0 Å². The number of hydrogen-bond acceptors (Lipinski definition) is 4. The fraction of sp³-hybridized carbons (Fsp3) is 0.0909. The quantitative estimate of drug-likeness (QED) is 0.813. The van der Waals surface area contributed by atoms with Crippen LogP contribution in [0.25, 0.3) is 0 Å². The van der Waals surface area contributed by atoms with E-state index in [1.165, 1.54) is 11.3 Å². The molecular weight excluding hydrogens is 375 g/mol. The second-order valence-electron chi connectivity index (χ2n) is 3.58. The van der Waals surface area contributed by atoms with Gasteiger partial charge < -0.3 is 10.4 Å². The van der Waals surface area contributed by atoms with Crippen LogP contribution in [0.2, 0.25) is 10.0 Å². The lowest BCUT2D eigenvalue weighted by Crippen LogP contribution is -2.00. The zero-order chi connectivity index (χ0) is 14.0. The molecule has 0 aliphatic rings. The van der Waals surface area contributed by atoms with Crippen LogP contribution in [-0.2, 0) is 11.2 Å². The number of nitrogens with zero attached hydrogens (tertiary/aromatic N) is 1. The number of carboxylic acids is 1. The van der Waals surface area contributed by atoms with Crippen LogP contribution in [0.4, 0.5) is 10.8 Å². The molecule has 0 atom stereocenters. The first kappa shape index (κ1) is 14.6. The van der Waals surface area contributed by atoms with Crippen molar-refractivity contribution < 1.29 is 9.90 Å². The summed E-state index contributed by atoms with van der Waals surface area (Å²) in [4.78, 5) is 14.7. The fourth-order valence-electron chi connectivity index (χ4n) is 1.37. The fourth-order valence-corrected chi connectivity index (χ4v) is 3.39. The highest BCUT2D eigenvalue weighted by atomic mass is 79.9. The molecule has 1 aromatic heterocycles. The van der Waals surface area contributed by atoms with Gasteiger partial charge in [0.05, 0.1) is 27.8 Å². The van der Waals surface area contributed by atoms with E-state index in [0.29, 0.717) is 26.6 Å². The smallest absolute Gasteiger partial charge is 0.309 e. The van der Waals surface area contributed by atoms with Crippen LogP contribution < -0.4 is 5.32 Å². The van der Waals surface area contributed by atoms with Crippen LogP contribution in [0.5, 0.6) is 0 Å². The summed E-state index contributed by atoms with van der Waals surface area (Å²) >= 11 is 16.7. The minimum absolute atomic E-state index is 0.111. The standard InChI is InChI=1S/C11H7BrCl2N2O2S/c12-5-1-7(13)10(8(14)2-5)16-11-15-6(4-19-11)3-9(17)18/h1-2,4H,3H2,(H,15,16)(H,17,18). The molecule has 2 N–H and O–H groups in total. The van der Waals surface area contributed by atoms with Gasteiger partial charge in [-0.1, -0.05) is 39.1 Å². The maximum absolute atomic E-state index is 10.6. The Morgan fingerprint density at radius 2 is 2.05 bits per heavy atom. The molecule has 4 nitrogen and oxygen atoms in total. The van der Waals surface area contributed by atoms with Crippen LogP contribution in [0, 0.1) is 0 Å². The van der Waals surface area contributed by atoms with E-state index in [2.05, 4.69) is 26.2 Å². The molecule has 0 amide bonds. The van der Waals surface area contributed by atoms with Crippen LogP contribution in [0.3, 0.4) is 0 Å². The van der Waals surface area contributed by atoms with Gasteiger partial charge in [-0.2, -0.15) is 0 Å². The largest absolute Gasteiger partial charge is 0.481 e. The number of aliphatic carboxylic acids is 1. The van der Waals surface area contributed by atoms with E-state index in [9.17, 15) is 4.79 Å². The first-order valence-corrected chi connectivity index (χ1v) is 7.46. The highest BCUT2D eigenvalue weighted by Crippen LogP contribution is 2.36. The van der Waals surface area contributed by atoms with E-state index in [1.807, 2.05) is 0 Å². The maximum atomic E-state index is 10.6. The maximum Gasteiger partial charge on any atom is 0.309 e. The van der Waals surface area contributed by atoms with Crippen molar-refractivity contribution in [2.45, 2.75) is 6.42 Å². The Hall–Kier alpha value is -0.820. The summed E-state index contributed by atoms with van der Waals surface area (Å²) in [6.45, 7) is 0. The number of halogens is 3. The first-order chi connectivity index (χ1) is 8.95. The topological polar surface area (TPSA) is 62.2 Å². The molecular formula is C11H7BrCl2N2O2S. The Kier molecular flexibility index (Phi) is 4.67. The van der Waals surface area contributed by atoms with Crippen molar-refractivity contribution in [3.05, 3.63) is 37.7 Å². The van der Waals surface area contributed by atoms with Crippen molar-refractivity contribution in [3.63, 3.8) is 0 Å². The zero-order valence-electron chi connectivity index (χ0n) is 9.28. The summed E-state index contributed by atoms with van der Waals surface area (Å²) in [6.07, 6.45) is -0.111. The van der Waals surface area contributed by atoms with Gasteiger partial charge in [-0.3, -0.25) is 4.79 Å². The molecule has 8 heteroatoms. The molecule has 0 bridgehead atoms. The second-order valence-corrected chi connectivity index (χ2v) is 6.17. The third-order valence-corrected chi connectivity index (χ3v) is 3.98. The highest BCUT2D eigenvalue weighted by molar-refractivity contribution is 9.10. The number of benzene rings is 1. The van der Waals surface area contributed by atoms with Crippen LogP contribution in [0.15, 0.2) is 22.0 Å². The Labute approximate surface area is 131 Å². The molecule has 0 saturated carbocycles. The minimum atomic E-state index is -0.920. The minimum Gasteiger partial charge on any atom is -0.481 e. The van der Waals surface area contributed by atoms with E-state index in [4.69, 9.17) is 28.3 Å². The molecule has 0 aliphatic heterocycles. The molecule has 0 radical (unpaired) electrons. The van der Waals surface area contributed by atoms with Crippen LogP contribution in [0.1, 0.15) is 5.69 Å². The van der Waals surface area contributed by atoms with Gasteiger partial charge in [0.25, 0.3) is 0 Å². The van der Waals surface area contributed by atoms with Crippen molar-refractivity contribution in [2.24, 2.45) is 0 Å². The summed E-state index contributed by atoms with van der Waals surface area (Å²) < 4.78 is 0.777. The van der Waals surface area contributed by atoms with Crippen molar-refractivity contribution in [1.82, 2.24) is 4.98 Å². The molecule has 2 aromatic rings. The van der Waals surface area contributed by atoms with Crippen LogP contribution >= 0.6 is 50.5 Å². The Morgan fingerprint density at radius 3 is 2.63 bits per heavy atom. The predicted molar refractivity (Wildman–Crippen MR) is 80.9 cm³/mol. The highest BCUT2D eigenvalue weighted by Gasteiger charge is 2.11. The number of nitrogens with one attached hydrogen (secondary N) is 1. The number of carbonyl (C=O) groups is 1. The Balaban J connectivity index is 2.22. The van der Waals surface area contributed by atoms with Gasteiger partial charge in [-0.15, -0.1) is 11.3 Å². The summed E-state index contributed by atoms with van der Waals surface area (Å²) in [5.41, 5.74) is 1.03. The van der Waals surface area contributed by atoms with Crippen molar-refractivity contribution >= 4 is 67.3 Å². The lowest BCUT2D eigenvalue weighted by atomic mass is 10.3. The summed E-state index contributed by atoms with van der Waals surface area (Å²) in [5.74, 6) is -0.920. The summed E-state index contributed by atoms with van der Waals surface area (Å²) in [7, 11) is 0. The van der Waals surface area contributed by atoms with E-state index in [1.54, 1.807) is 17.5 Å². The third kappa shape index (κ3) is 3.82. The monoisotopic (exact) mass is 380 g/mol. The molecule has 0 unspecified atom stereocenters. The summed E-state index contributed by atoms with van der Waals surface area (Å²) in [6, 6.07) is 3.42. The lowest BCUT2D eigenvalue weighted by molar-refractivity contribution is -0.136. The van der Waals surface area contributed by atoms with Gasteiger partial charge in [0, 0.05) is 9.85 Å². The molecule has 0 fully saturated rings. The third-order valence-electron chi connectivity index (χ3n) is 2.12. The molecule has 1 heterocycles. The van der Waals surface area contributed by atoms with Crippen molar-refractivity contribution in [1.29, 1.82) is 0 Å². The van der Waals surface area contributed by atoms with Gasteiger partial charge in [-0.05, 0) is 12.1 Å². The predicted octanol–water partition coefficient (Wildman–Crippen LogP) is 4.58. The van der Waals surface area contributed by atoms with Gasteiger partial charge >= 0.3 is 5.97 Å². The van der Waals surface area contributed by atoms with Crippen molar-refractivity contribution in [2.75, 3.05) is 5.32 Å². The van der Waals surface area contributed by atoms with Gasteiger partial charge in [-0.25, -0.2) is 4.98 Å². The number of carboxylic acid groups (broad SMARTS) is 1. The SMILES string of the molecule is O=C(O)Cc1csc(Nc2c(Cl)cc(Br)cc2Cl)n1. The Bertz CT molecular complexity index is 610. The number of aromatic nitrogens is 1. The lowest BCUT2D eigenvalue weighted by Gasteiger charge is -2.08. The Morgan fingerprint density at radius 1 is 1.42 bits per heavy atom. The molecule has 0 aliphatic carbocycles. The zero-order valence-corrected chi connectivity index (χ0v) is 13.2. The number of rotatable bonds is 4. The van der Waals surface area contributed by atoms with E-state index in [0.717, 1.165) is 4.47 Å².